The monoisotopic (exact) mass is 586 g/mol. The van der Waals surface area contributed by atoms with E-state index >= 15 is 0 Å². The van der Waals surface area contributed by atoms with Crippen molar-refractivity contribution in [1.29, 1.82) is 0 Å². The van der Waals surface area contributed by atoms with Crippen molar-refractivity contribution in [3.8, 4) is 39.7 Å². The van der Waals surface area contributed by atoms with Gasteiger partial charge < -0.3 is 32.8 Å². The highest BCUT2D eigenvalue weighted by atomic mass is 16.6. The lowest BCUT2D eigenvalue weighted by atomic mass is 9.92. The van der Waals surface area contributed by atoms with Gasteiger partial charge in [-0.05, 0) is 58.8 Å². The van der Waals surface area contributed by atoms with E-state index in [9.17, 15) is 0 Å². The third-order valence-electron chi connectivity index (χ3n) is 8.41. The van der Waals surface area contributed by atoms with Crippen molar-refractivity contribution < 1.29 is 32.8 Å². The van der Waals surface area contributed by atoms with Gasteiger partial charge in [0.25, 0.3) is 0 Å². The molecule has 220 valence electrons. The van der Waals surface area contributed by atoms with Gasteiger partial charge in [0.2, 0.25) is 0 Å². The van der Waals surface area contributed by atoms with Crippen LogP contribution in [-0.2, 0) is 14.2 Å². The molecule has 4 heterocycles. The molecule has 5 aromatic carbocycles. The van der Waals surface area contributed by atoms with Crippen LogP contribution < -0.4 is 14.2 Å². The predicted octanol–water partition coefficient (Wildman–Crippen LogP) is 7.41. The van der Waals surface area contributed by atoms with Crippen molar-refractivity contribution in [2.45, 2.75) is 18.3 Å². The molecular formula is C37H30O7. The zero-order valence-electron chi connectivity index (χ0n) is 24.0. The van der Waals surface area contributed by atoms with Gasteiger partial charge in [-0.1, -0.05) is 48.5 Å². The summed E-state index contributed by atoms with van der Waals surface area (Å²) in [6, 6.07) is 31.0. The van der Waals surface area contributed by atoms with Crippen LogP contribution in [0.4, 0.5) is 0 Å². The van der Waals surface area contributed by atoms with Crippen LogP contribution in [-0.4, -0.2) is 58.0 Å². The van der Waals surface area contributed by atoms with Gasteiger partial charge in [-0.3, -0.25) is 0 Å². The minimum absolute atomic E-state index is 0.160. The molecule has 0 N–H and O–H groups in total. The maximum absolute atomic E-state index is 6.91. The number of hydrogen-bond donors (Lipinski definition) is 0. The van der Waals surface area contributed by atoms with Gasteiger partial charge in [0.1, 0.15) is 66.7 Å². The lowest BCUT2D eigenvalue weighted by molar-refractivity contribution is 0.263. The fraction of sp³-hybridized carbons (Fsp3) is 0.243. The summed E-state index contributed by atoms with van der Waals surface area (Å²) in [6.07, 6.45) is 0.560. The highest BCUT2D eigenvalue weighted by Gasteiger charge is 2.27. The Morgan fingerprint density at radius 3 is 1.68 bits per heavy atom. The molecule has 0 saturated carbocycles. The SMILES string of the molecule is c1ccc2c(c1)c1oc(-c3ccc(OCC4CO4)cc3)c(-c3ccc(OCC4CO4)cc3)c1c1cccc(OCC3CO3)c21. The molecule has 9 rings (SSSR count). The van der Waals surface area contributed by atoms with Crippen LogP contribution in [0.1, 0.15) is 0 Å². The van der Waals surface area contributed by atoms with E-state index in [1.165, 1.54) is 0 Å². The molecule has 44 heavy (non-hydrogen) atoms. The van der Waals surface area contributed by atoms with Crippen LogP contribution in [0, 0.1) is 0 Å². The first-order valence-electron chi connectivity index (χ1n) is 15.1. The summed E-state index contributed by atoms with van der Waals surface area (Å²) in [5.74, 6) is 3.26. The molecule has 6 aromatic rings. The van der Waals surface area contributed by atoms with Crippen LogP contribution >= 0.6 is 0 Å². The molecule has 7 heteroatoms. The molecule has 0 aliphatic carbocycles. The molecule has 3 unspecified atom stereocenters. The maximum Gasteiger partial charge on any atom is 0.143 e. The number of hydrogen-bond acceptors (Lipinski definition) is 7. The summed E-state index contributed by atoms with van der Waals surface area (Å²) >= 11 is 0. The summed E-state index contributed by atoms with van der Waals surface area (Å²) in [5, 5.41) is 5.32. The Morgan fingerprint density at radius 1 is 0.523 bits per heavy atom. The Bertz CT molecular complexity index is 1980. The number of furan rings is 1. The lowest BCUT2D eigenvalue weighted by Gasteiger charge is -2.13. The van der Waals surface area contributed by atoms with Gasteiger partial charge in [-0.2, -0.15) is 0 Å². The van der Waals surface area contributed by atoms with Crippen molar-refractivity contribution in [2.75, 3.05) is 39.6 Å². The molecule has 3 aliphatic rings. The van der Waals surface area contributed by atoms with E-state index in [0.29, 0.717) is 19.8 Å². The van der Waals surface area contributed by atoms with Crippen molar-refractivity contribution in [1.82, 2.24) is 0 Å². The molecular weight excluding hydrogens is 556 g/mol. The van der Waals surface area contributed by atoms with Crippen molar-refractivity contribution in [2.24, 2.45) is 0 Å². The Labute approximate surface area is 253 Å². The first kappa shape index (κ1) is 25.9. The summed E-state index contributed by atoms with van der Waals surface area (Å²) in [7, 11) is 0. The van der Waals surface area contributed by atoms with E-state index in [2.05, 4.69) is 60.7 Å². The molecule has 3 atom stereocenters. The Balaban J connectivity index is 1.24. The van der Waals surface area contributed by atoms with Crippen molar-refractivity contribution >= 4 is 32.5 Å². The summed E-state index contributed by atoms with van der Waals surface area (Å²) in [5.41, 5.74) is 3.87. The number of epoxide rings is 3. The van der Waals surface area contributed by atoms with Gasteiger partial charge in [-0.15, -0.1) is 0 Å². The standard InChI is InChI=1S/C37H30O7/c1-2-5-30-29(4-1)34-31(6-3-7-32(34)43-21-28-20-42-28)35-33(22-8-12-24(13-9-22)38-16-26-18-40-26)36(44-37(30)35)23-10-14-25(15-11-23)39-17-27-19-41-27/h1-15,26-28H,16-21H2. The predicted molar refractivity (Wildman–Crippen MR) is 168 cm³/mol. The van der Waals surface area contributed by atoms with E-state index in [1.54, 1.807) is 0 Å². The second-order valence-corrected chi connectivity index (χ2v) is 11.6. The highest BCUT2D eigenvalue weighted by molar-refractivity contribution is 6.29. The number of fused-ring (bicyclic) bond motifs is 6. The van der Waals surface area contributed by atoms with Crippen molar-refractivity contribution in [3.63, 3.8) is 0 Å². The molecule has 7 nitrogen and oxygen atoms in total. The fourth-order valence-corrected chi connectivity index (χ4v) is 5.87. The van der Waals surface area contributed by atoms with Crippen LogP contribution in [0.5, 0.6) is 17.2 Å². The van der Waals surface area contributed by atoms with Gasteiger partial charge in [-0.25, -0.2) is 0 Å². The average Bonchev–Trinajstić information content (AvgIpc) is 3.94. The maximum atomic E-state index is 6.91. The van der Waals surface area contributed by atoms with Crippen molar-refractivity contribution in [3.05, 3.63) is 91.0 Å². The quantitative estimate of drug-likeness (QED) is 0.116. The zero-order valence-corrected chi connectivity index (χ0v) is 24.0. The lowest BCUT2D eigenvalue weighted by Crippen LogP contribution is -2.04. The smallest absolute Gasteiger partial charge is 0.143 e. The molecule has 0 amide bonds. The van der Waals surface area contributed by atoms with E-state index in [0.717, 1.165) is 92.0 Å². The zero-order chi connectivity index (χ0) is 29.0. The third kappa shape index (κ3) is 4.93. The summed E-state index contributed by atoms with van der Waals surface area (Å²) in [4.78, 5) is 0. The number of benzene rings is 5. The number of rotatable bonds is 11. The first-order valence-corrected chi connectivity index (χ1v) is 15.1. The molecule has 3 fully saturated rings. The summed E-state index contributed by atoms with van der Waals surface area (Å²) < 4.78 is 41.2. The Kier molecular flexibility index (Phi) is 6.21. The minimum Gasteiger partial charge on any atom is -0.491 e. The molecule has 1 aromatic heterocycles. The van der Waals surface area contributed by atoms with Gasteiger partial charge in [0.05, 0.1) is 19.8 Å². The van der Waals surface area contributed by atoms with E-state index in [1.807, 2.05) is 30.3 Å². The molecule has 0 spiro atoms. The Morgan fingerprint density at radius 2 is 1.07 bits per heavy atom. The van der Waals surface area contributed by atoms with Crippen LogP contribution in [0.3, 0.4) is 0 Å². The topological polar surface area (TPSA) is 78.4 Å². The van der Waals surface area contributed by atoms with E-state index in [-0.39, 0.29) is 18.3 Å². The fourth-order valence-electron chi connectivity index (χ4n) is 5.87. The van der Waals surface area contributed by atoms with Crippen LogP contribution in [0.15, 0.2) is 95.4 Å². The van der Waals surface area contributed by atoms with Gasteiger partial charge in [0.15, 0.2) is 0 Å². The molecule has 3 aliphatic heterocycles. The Hall–Kier alpha value is -4.56. The molecule has 3 saturated heterocycles. The largest absolute Gasteiger partial charge is 0.491 e. The van der Waals surface area contributed by atoms with Crippen LogP contribution in [0.2, 0.25) is 0 Å². The third-order valence-corrected chi connectivity index (χ3v) is 8.41. The van der Waals surface area contributed by atoms with Gasteiger partial charge in [0, 0.05) is 27.3 Å². The number of ether oxygens (including phenoxy) is 6. The van der Waals surface area contributed by atoms with E-state index in [4.69, 9.17) is 32.8 Å². The second-order valence-electron chi connectivity index (χ2n) is 11.6. The second kappa shape index (κ2) is 10.6. The molecule has 0 bridgehead atoms. The average molecular weight is 587 g/mol. The van der Waals surface area contributed by atoms with E-state index < -0.39 is 0 Å². The molecule has 0 radical (unpaired) electrons. The van der Waals surface area contributed by atoms with Gasteiger partial charge >= 0.3 is 0 Å². The first-order chi connectivity index (χ1) is 21.8. The summed E-state index contributed by atoms with van der Waals surface area (Å²) in [6.45, 7) is 3.93. The highest BCUT2D eigenvalue weighted by Crippen LogP contribution is 2.49. The van der Waals surface area contributed by atoms with Crippen LogP contribution in [0.25, 0.3) is 55.0 Å². The normalized spacial score (nSPS) is 20.2. The minimum atomic E-state index is 0.160.